The van der Waals surface area contributed by atoms with Crippen LogP contribution in [0.3, 0.4) is 0 Å². The summed E-state index contributed by atoms with van der Waals surface area (Å²) in [5.74, 6) is 0.937. The van der Waals surface area contributed by atoms with E-state index in [0.717, 1.165) is 29.0 Å². The highest BCUT2D eigenvalue weighted by atomic mass is 15.0. The highest BCUT2D eigenvalue weighted by molar-refractivity contribution is 5.82. The second-order valence-electron chi connectivity index (χ2n) is 5.06. The smallest absolute Gasteiger partial charge is 0.129 e. The molecule has 0 unspecified atom stereocenters. The Bertz CT molecular complexity index is 736. The number of aryl methyl sites for hydroxylation is 2. The molecule has 3 nitrogen and oxygen atoms in total. The predicted octanol–water partition coefficient (Wildman–Crippen LogP) is 3.86. The van der Waals surface area contributed by atoms with E-state index in [-0.39, 0.29) is 0 Å². The molecule has 100 valence electrons. The predicted molar refractivity (Wildman–Crippen MR) is 82.8 cm³/mol. The molecule has 0 aliphatic carbocycles. The largest absolute Gasteiger partial charge is 0.366 e. The first-order valence-corrected chi connectivity index (χ1v) is 6.73. The SMILES string of the molecule is Cc1ccc2cc(C)c(NCc3cccnc3)nc2c1. The fourth-order valence-electron chi connectivity index (χ4n) is 2.25. The lowest BCUT2D eigenvalue weighted by Crippen LogP contribution is -2.03. The summed E-state index contributed by atoms with van der Waals surface area (Å²) in [5.41, 5.74) is 4.57. The summed E-state index contributed by atoms with van der Waals surface area (Å²) in [4.78, 5) is 8.84. The van der Waals surface area contributed by atoms with Gasteiger partial charge in [0.2, 0.25) is 0 Å². The molecule has 3 heteroatoms. The van der Waals surface area contributed by atoms with Crippen molar-refractivity contribution in [2.45, 2.75) is 20.4 Å². The van der Waals surface area contributed by atoms with Gasteiger partial charge in [-0.25, -0.2) is 4.98 Å². The standard InChI is InChI=1S/C17H17N3/c1-12-5-6-15-9-13(2)17(20-16(15)8-12)19-11-14-4-3-7-18-10-14/h3-10H,11H2,1-2H3,(H,19,20). The Morgan fingerprint density at radius 2 is 2.00 bits per heavy atom. The first-order chi connectivity index (χ1) is 9.72. The third-order valence-electron chi connectivity index (χ3n) is 3.35. The molecule has 2 aromatic heterocycles. The quantitative estimate of drug-likeness (QED) is 0.779. The van der Waals surface area contributed by atoms with E-state index in [0.29, 0.717) is 0 Å². The van der Waals surface area contributed by atoms with Crippen molar-refractivity contribution in [3.63, 3.8) is 0 Å². The van der Waals surface area contributed by atoms with Gasteiger partial charge < -0.3 is 5.32 Å². The molecule has 1 N–H and O–H groups in total. The van der Waals surface area contributed by atoms with Gasteiger partial charge in [0.05, 0.1) is 5.52 Å². The molecule has 0 fully saturated rings. The minimum atomic E-state index is 0.735. The van der Waals surface area contributed by atoms with E-state index >= 15 is 0 Å². The number of anilines is 1. The number of pyridine rings is 2. The van der Waals surface area contributed by atoms with Gasteiger partial charge in [0.1, 0.15) is 5.82 Å². The number of nitrogens with one attached hydrogen (secondary N) is 1. The minimum Gasteiger partial charge on any atom is -0.366 e. The molecule has 2 heterocycles. The molecule has 20 heavy (non-hydrogen) atoms. The molecule has 0 spiro atoms. The van der Waals surface area contributed by atoms with E-state index in [1.54, 1.807) is 6.20 Å². The van der Waals surface area contributed by atoms with E-state index in [2.05, 4.69) is 54.5 Å². The van der Waals surface area contributed by atoms with Crippen molar-refractivity contribution in [3.05, 3.63) is 65.5 Å². The van der Waals surface area contributed by atoms with Crippen molar-refractivity contribution in [2.24, 2.45) is 0 Å². The second kappa shape index (κ2) is 5.29. The van der Waals surface area contributed by atoms with Gasteiger partial charge in [-0.3, -0.25) is 4.98 Å². The second-order valence-corrected chi connectivity index (χ2v) is 5.06. The average Bonchev–Trinajstić information content (AvgIpc) is 2.46. The minimum absolute atomic E-state index is 0.735. The van der Waals surface area contributed by atoms with Crippen LogP contribution in [0.2, 0.25) is 0 Å². The molecule has 0 saturated heterocycles. The zero-order valence-electron chi connectivity index (χ0n) is 11.7. The van der Waals surface area contributed by atoms with Crippen LogP contribution in [-0.4, -0.2) is 9.97 Å². The first kappa shape index (κ1) is 12.6. The van der Waals surface area contributed by atoms with Crippen LogP contribution >= 0.6 is 0 Å². The number of hydrogen-bond donors (Lipinski definition) is 1. The average molecular weight is 263 g/mol. The Labute approximate surface area is 118 Å². The normalized spacial score (nSPS) is 10.7. The van der Waals surface area contributed by atoms with Crippen molar-refractivity contribution < 1.29 is 0 Å². The molecule has 3 rings (SSSR count). The van der Waals surface area contributed by atoms with Crippen LogP contribution in [0.1, 0.15) is 16.7 Å². The van der Waals surface area contributed by atoms with Crippen LogP contribution in [0.4, 0.5) is 5.82 Å². The van der Waals surface area contributed by atoms with Crippen LogP contribution in [0.25, 0.3) is 10.9 Å². The fourth-order valence-corrected chi connectivity index (χ4v) is 2.25. The van der Waals surface area contributed by atoms with Gasteiger partial charge in [-0.2, -0.15) is 0 Å². The molecule has 0 radical (unpaired) electrons. The van der Waals surface area contributed by atoms with Crippen molar-refractivity contribution in [2.75, 3.05) is 5.32 Å². The van der Waals surface area contributed by atoms with Crippen molar-refractivity contribution >= 4 is 16.7 Å². The molecular weight excluding hydrogens is 246 g/mol. The van der Waals surface area contributed by atoms with E-state index in [4.69, 9.17) is 4.98 Å². The van der Waals surface area contributed by atoms with Gasteiger partial charge in [0.25, 0.3) is 0 Å². The zero-order chi connectivity index (χ0) is 13.9. The number of aromatic nitrogens is 2. The lowest BCUT2D eigenvalue weighted by Gasteiger charge is -2.10. The number of nitrogens with zero attached hydrogens (tertiary/aromatic N) is 2. The van der Waals surface area contributed by atoms with Gasteiger partial charge in [0.15, 0.2) is 0 Å². The molecule has 3 aromatic rings. The van der Waals surface area contributed by atoms with Crippen LogP contribution in [0.15, 0.2) is 48.8 Å². The summed E-state index contributed by atoms with van der Waals surface area (Å²) in [7, 11) is 0. The third kappa shape index (κ3) is 2.62. The van der Waals surface area contributed by atoms with E-state index in [1.165, 1.54) is 10.9 Å². The maximum atomic E-state index is 4.72. The maximum Gasteiger partial charge on any atom is 0.129 e. The number of rotatable bonds is 3. The van der Waals surface area contributed by atoms with E-state index < -0.39 is 0 Å². The topological polar surface area (TPSA) is 37.8 Å². The van der Waals surface area contributed by atoms with Gasteiger partial charge >= 0.3 is 0 Å². The third-order valence-corrected chi connectivity index (χ3v) is 3.35. The molecule has 0 atom stereocenters. The molecule has 0 bridgehead atoms. The van der Waals surface area contributed by atoms with Crippen molar-refractivity contribution in [1.82, 2.24) is 9.97 Å². The monoisotopic (exact) mass is 263 g/mol. The Hall–Kier alpha value is -2.42. The summed E-state index contributed by atoms with van der Waals surface area (Å²) < 4.78 is 0. The maximum absolute atomic E-state index is 4.72. The van der Waals surface area contributed by atoms with Gasteiger partial charge in [0, 0.05) is 24.3 Å². The van der Waals surface area contributed by atoms with Crippen molar-refractivity contribution in [1.29, 1.82) is 0 Å². The Morgan fingerprint density at radius 3 is 2.80 bits per heavy atom. The van der Waals surface area contributed by atoms with Crippen LogP contribution in [0, 0.1) is 13.8 Å². The van der Waals surface area contributed by atoms with Gasteiger partial charge in [-0.15, -0.1) is 0 Å². The first-order valence-electron chi connectivity index (χ1n) is 6.73. The summed E-state index contributed by atoms with van der Waals surface area (Å²) in [6, 6.07) is 12.5. The Balaban J connectivity index is 1.89. The highest BCUT2D eigenvalue weighted by Crippen LogP contribution is 2.21. The molecule has 0 aliphatic heterocycles. The van der Waals surface area contributed by atoms with E-state index in [9.17, 15) is 0 Å². The molecule has 0 amide bonds. The van der Waals surface area contributed by atoms with Crippen LogP contribution < -0.4 is 5.32 Å². The Morgan fingerprint density at radius 1 is 1.10 bits per heavy atom. The number of hydrogen-bond acceptors (Lipinski definition) is 3. The van der Waals surface area contributed by atoms with Crippen molar-refractivity contribution in [3.8, 4) is 0 Å². The van der Waals surface area contributed by atoms with Gasteiger partial charge in [-0.1, -0.05) is 18.2 Å². The summed E-state index contributed by atoms with van der Waals surface area (Å²) >= 11 is 0. The summed E-state index contributed by atoms with van der Waals surface area (Å²) in [6.45, 7) is 4.90. The molecule has 0 saturated carbocycles. The molecular formula is C17H17N3. The number of benzene rings is 1. The lowest BCUT2D eigenvalue weighted by atomic mass is 10.1. The van der Waals surface area contributed by atoms with Crippen LogP contribution in [-0.2, 0) is 6.54 Å². The summed E-state index contributed by atoms with van der Waals surface area (Å²) in [6.07, 6.45) is 3.65. The molecule has 1 aromatic carbocycles. The van der Waals surface area contributed by atoms with Crippen LogP contribution in [0.5, 0.6) is 0 Å². The summed E-state index contributed by atoms with van der Waals surface area (Å²) in [5, 5.41) is 4.57. The molecule has 0 aliphatic rings. The zero-order valence-corrected chi connectivity index (χ0v) is 11.7. The number of fused-ring (bicyclic) bond motifs is 1. The van der Waals surface area contributed by atoms with Gasteiger partial charge in [-0.05, 0) is 48.7 Å². The van der Waals surface area contributed by atoms with E-state index in [1.807, 2.05) is 12.3 Å². The Kier molecular flexibility index (Phi) is 3.33. The fraction of sp³-hybridized carbons (Fsp3) is 0.176. The lowest BCUT2D eigenvalue weighted by molar-refractivity contribution is 1.08. The highest BCUT2D eigenvalue weighted by Gasteiger charge is 2.03.